The monoisotopic (exact) mass is 229 g/mol. The van der Waals surface area contributed by atoms with Crippen molar-refractivity contribution in [3.8, 4) is 11.1 Å². The first-order chi connectivity index (χ1) is 7.86. The van der Waals surface area contributed by atoms with Gasteiger partial charge in [-0.2, -0.15) is 0 Å². The molecule has 1 aromatic carbocycles. The molecule has 1 N–H and O–H groups in total. The number of nitrogens with one attached hydrogen (secondary N) is 1. The van der Waals surface area contributed by atoms with Crippen molar-refractivity contribution < 1.29 is 0 Å². The van der Waals surface area contributed by atoms with Gasteiger partial charge >= 0.3 is 0 Å². The lowest BCUT2D eigenvalue weighted by Gasteiger charge is -2.04. The second-order valence-corrected chi connectivity index (χ2v) is 3.86. The molecule has 3 aromatic rings. The molecule has 3 nitrogen and oxygen atoms in total. The molecule has 4 heteroatoms. The third kappa shape index (κ3) is 1.37. The topological polar surface area (TPSA) is 41.6 Å². The lowest BCUT2D eigenvalue weighted by Crippen LogP contribution is -1.83. The minimum absolute atomic E-state index is 0.700. The van der Waals surface area contributed by atoms with E-state index >= 15 is 0 Å². The van der Waals surface area contributed by atoms with Crippen LogP contribution in [0.1, 0.15) is 0 Å². The first kappa shape index (κ1) is 9.36. The number of pyridine rings is 1. The second-order valence-electron chi connectivity index (χ2n) is 3.46. The molecule has 0 fully saturated rings. The van der Waals surface area contributed by atoms with Gasteiger partial charge in [-0.25, -0.2) is 4.98 Å². The highest BCUT2D eigenvalue weighted by molar-refractivity contribution is 6.34. The van der Waals surface area contributed by atoms with Crippen molar-refractivity contribution in [3.63, 3.8) is 0 Å². The molecule has 0 radical (unpaired) electrons. The summed E-state index contributed by atoms with van der Waals surface area (Å²) in [4.78, 5) is 11.4. The summed E-state index contributed by atoms with van der Waals surface area (Å²) in [6.07, 6.45) is 5.17. The summed E-state index contributed by atoms with van der Waals surface area (Å²) in [5.74, 6) is 0. The normalized spacial score (nSPS) is 10.8. The second kappa shape index (κ2) is 3.61. The first-order valence-electron chi connectivity index (χ1n) is 4.88. The third-order valence-electron chi connectivity index (χ3n) is 2.51. The van der Waals surface area contributed by atoms with Crippen LogP contribution in [0.15, 0.2) is 43.0 Å². The summed E-state index contributed by atoms with van der Waals surface area (Å²) in [5.41, 5.74) is 3.84. The summed E-state index contributed by atoms with van der Waals surface area (Å²) in [5, 5.41) is 0.700. The van der Waals surface area contributed by atoms with Crippen LogP contribution in [-0.4, -0.2) is 15.0 Å². The lowest BCUT2D eigenvalue weighted by molar-refractivity contribution is 1.33. The molecular formula is C12H8ClN3. The summed E-state index contributed by atoms with van der Waals surface area (Å²) < 4.78 is 0. The van der Waals surface area contributed by atoms with Crippen LogP contribution in [0.2, 0.25) is 5.02 Å². The molecule has 0 spiro atoms. The molecule has 0 bridgehead atoms. The van der Waals surface area contributed by atoms with Gasteiger partial charge in [-0.15, -0.1) is 0 Å². The van der Waals surface area contributed by atoms with Crippen LogP contribution in [-0.2, 0) is 0 Å². The third-order valence-corrected chi connectivity index (χ3v) is 2.82. The number of aromatic amines is 1. The highest BCUT2D eigenvalue weighted by Gasteiger charge is 2.10. The van der Waals surface area contributed by atoms with Crippen LogP contribution in [0.3, 0.4) is 0 Å². The SMILES string of the molecule is Clc1ccc2[nH]cnc2c1-c1ccncc1. The largest absolute Gasteiger partial charge is 0.345 e. The molecule has 78 valence electrons. The van der Waals surface area contributed by atoms with Crippen LogP contribution in [0.5, 0.6) is 0 Å². The Morgan fingerprint density at radius 2 is 1.88 bits per heavy atom. The molecule has 0 aliphatic rings. The van der Waals surface area contributed by atoms with Gasteiger partial charge in [-0.3, -0.25) is 4.98 Å². The highest BCUT2D eigenvalue weighted by Crippen LogP contribution is 2.33. The number of aromatic nitrogens is 3. The van der Waals surface area contributed by atoms with E-state index in [1.165, 1.54) is 0 Å². The maximum Gasteiger partial charge on any atom is 0.0975 e. The number of imidazole rings is 1. The van der Waals surface area contributed by atoms with Crippen LogP contribution in [0.25, 0.3) is 22.2 Å². The van der Waals surface area contributed by atoms with Gasteiger partial charge in [0.2, 0.25) is 0 Å². The summed E-state index contributed by atoms with van der Waals surface area (Å²) in [6, 6.07) is 7.65. The van der Waals surface area contributed by atoms with Gasteiger partial charge < -0.3 is 4.98 Å². The molecule has 0 atom stereocenters. The fraction of sp³-hybridized carbons (Fsp3) is 0. The number of fused-ring (bicyclic) bond motifs is 1. The van der Waals surface area contributed by atoms with Gasteiger partial charge in [-0.05, 0) is 29.8 Å². The molecule has 2 heterocycles. The predicted molar refractivity (Wildman–Crippen MR) is 64.3 cm³/mol. The van der Waals surface area contributed by atoms with Gasteiger partial charge in [0.05, 0.1) is 22.4 Å². The van der Waals surface area contributed by atoms with E-state index in [2.05, 4.69) is 15.0 Å². The van der Waals surface area contributed by atoms with Gasteiger partial charge in [0.25, 0.3) is 0 Å². The van der Waals surface area contributed by atoms with Crippen molar-refractivity contribution >= 4 is 22.6 Å². The van der Waals surface area contributed by atoms with E-state index in [1.807, 2.05) is 24.3 Å². The van der Waals surface area contributed by atoms with Crippen LogP contribution in [0.4, 0.5) is 0 Å². The van der Waals surface area contributed by atoms with E-state index in [-0.39, 0.29) is 0 Å². The lowest BCUT2D eigenvalue weighted by atomic mass is 10.1. The minimum Gasteiger partial charge on any atom is -0.345 e. The standard InChI is InChI=1S/C12H8ClN3/c13-9-1-2-10-12(16-7-15-10)11(9)8-3-5-14-6-4-8/h1-7H,(H,15,16). The summed E-state index contributed by atoms with van der Waals surface area (Å²) in [7, 11) is 0. The van der Waals surface area contributed by atoms with Gasteiger partial charge in [0.15, 0.2) is 0 Å². The average molecular weight is 230 g/mol. The molecule has 0 aliphatic heterocycles. The quantitative estimate of drug-likeness (QED) is 0.696. The number of H-pyrrole nitrogens is 1. The summed E-state index contributed by atoms with van der Waals surface area (Å²) in [6.45, 7) is 0. The van der Waals surface area contributed by atoms with Crippen LogP contribution in [0, 0.1) is 0 Å². The van der Waals surface area contributed by atoms with E-state index in [0.717, 1.165) is 22.2 Å². The molecule has 3 rings (SSSR count). The van der Waals surface area contributed by atoms with Crippen molar-refractivity contribution in [2.75, 3.05) is 0 Å². The Morgan fingerprint density at radius 1 is 1.06 bits per heavy atom. The van der Waals surface area contributed by atoms with E-state index in [0.29, 0.717) is 5.02 Å². The number of hydrogen-bond acceptors (Lipinski definition) is 2. The molecule has 0 aliphatic carbocycles. The Morgan fingerprint density at radius 3 is 2.69 bits per heavy atom. The molecule has 16 heavy (non-hydrogen) atoms. The number of nitrogens with zero attached hydrogens (tertiary/aromatic N) is 2. The predicted octanol–water partition coefficient (Wildman–Crippen LogP) is 3.28. The van der Waals surface area contributed by atoms with Crippen molar-refractivity contribution in [2.24, 2.45) is 0 Å². The zero-order chi connectivity index (χ0) is 11.0. The van der Waals surface area contributed by atoms with Crippen molar-refractivity contribution in [2.45, 2.75) is 0 Å². The molecule has 0 amide bonds. The smallest absolute Gasteiger partial charge is 0.0975 e. The Balaban J connectivity index is 2.38. The van der Waals surface area contributed by atoms with Crippen molar-refractivity contribution in [3.05, 3.63) is 48.0 Å². The number of halogens is 1. The van der Waals surface area contributed by atoms with E-state index in [1.54, 1.807) is 18.7 Å². The Labute approximate surface area is 97.1 Å². The minimum atomic E-state index is 0.700. The number of hydrogen-bond donors (Lipinski definition) is 1. The maximum atomic E-state index is 6.22. The maximum absolute atomic E-state index is 6.22. The van der Waals surface area contributed by atoms with Gasteiger partial charge in [0.1, 0.15) is 0 Å². The number of rotatable bonds is 1. The van der Waals surface area contributed by atoms with Crippen LogP contribution < -0.4 is 0 Å². The average Bonchev–Trinajstić information content (AvgIpc) is 2.78. The Hall–Kier alpha value is -1.87. The van der Waals surface area contributed by atoms with Crippen molar-refractivity contribution in [1.82, 2.24) is 15.0 Å². The summed E-state index contributed by atoms with van der Waals surface area (Å²) >= 11 is 6.22. The molecule has 0 saturated carbocycles. The fourth-order valence-electron chi connectivity index (χ4n) is 1.78. The highest BCUT2D eigenvalue weighted by atomic mass is 35.5. The molecule has 0 unspecified atom stereocenters. The van der Waals surface area contributed by atoms with Gasteiger partial charge in [-0.1, -0.05) is 11.6 Å². The van der Waals surface area contributed by atoms with E-state index in [9.17, 15) is 0 Å². The fourth-order valence-corrected chi connectivity index (χ4v) is 2.04. The molecule has 0 saturated heterocycles. The number of benzene rings is 1. The Bertz CT molecular complexity index is 631. The van der Waals surface area contributed by atoms with E-state index in [4.69, 9.17) is 11.6 Å². The first-order valence-corrected chi connectivity index (χ1v) is 5.26. The zero-order valence-electron chi connectivity index (χ0n) is 8.31. The van der Waals surface area contributed by atoms with E-state index < -0.39 is 0 Å². The van der Waals surface area contributed by atoms with Crippen LogP contribution >= 0.6 is 11.6 Å². The molecular weight excluding hydrogens is 222 g/mol. The van der Waals surface area contributed by atoms with Gasteiger partial charge in [0, 0.05) is 18.0 Å². The molecule has 2 aromatic heterocycles. The van der Waals surface area contributed by atoms with Crippen molar-refractivity contribution in [1.29, 1.82) is 0 Å². The Kier molecular flexibility index (Phi) is 2.11. The zero-order valence-corrected chi connectivity index (χ0v) is 9.07.